The summed E-state index contributed by atoms with van der Waals surface area (Å²) in [6, 6.07) is 6.52. The van der Waals surface area contributed by atoms with E-state index in [0.717, 1.165) is 48.5 Å². The maximum Gasteiger partial charge on any atom is 0.224 e. The Bertz CT molecular complexity index is 780. The van der Waals surface area contributed by atoms with Gasteiger partial charge in [0.1, 0.15) is 17.9 Å². The molecule has 2 aromatic rings. The Balaban J connectivity index is 1.22. The van der Waals surface area contributed by atoms with Gasteiger partial charge in [-0.1, -0.05) is 19.3 Å². The predicted octanol–water partition coefficient (Wildman–Crippen LogP) is 4.07. The van der Waals surface area contributed by atoms with E-state index in [1.807, 2.05) is 18.5 Å². The third-order valence-electron chi connectivity index (χ3n) is 5.65. The van der Waals surface area contributed by atoms with E-state index in [1.54, 1.807) is 0 Å². The summed E-state index contributed by atoms with van der Waals surface area (Å²) < 4.78 is 8.21. The van der Waals surface area contributed by atoms with E-state index in [4.69, 9.17) is 4.74 Å². The maximum absolute atomic E-state index is 11.4. The SMILES string of the molecule is O=C1CCc2cc(OCCCCc3nncn3C3CCCCC3)ccc2N1. The number of fused-ring (bicyclic) bond motifs is 1. The van der Waals surface area contributed by atoms with Gasteiger partial charge in [-0.3, -0.25) is 4.79 Å². The summed E-state index contributed by atoms with van der Waals surface area (Å²) >= 11 is 0. The van der Waals surface area contributed by atoms with Crippen molar-refractivity contribution in [1.29, 1.82) is 0 Å². The first-order valence-electron chi connectivity index (χ1n) is 10.2. The quantitative estimate of drug-likeness (QED) is 0.748. The molecule has 6 nitrogen and oxygen atoms in total. The molecular weight excluding hydrogens is 340 g/mol. The lowest BCUT2D eigenvalue weighted by molar-refractivity contribution is -0.116. The van der Waals surface area contributed by atoms with E-state index >= 15 is 0 Å². The number of carbonyl (C=O) groups is 1. The van der Waals surface area contributed by atoms with Crippen molar-refractivity contribution in [2.45, 2.75) is 70.3 Å². The number of nitrogens with one attached hydrogen (secondary N) is 1. The number of rotatable bonds is 7. The number of aromatic nitrogens is 3. The Hall–Kier alpha value is -2.37. The molecule has 1 fully saturated rings. The third kappa shape index (κ3) is 4.49. The number of hydrogen-bond donors (Lipinski definition) is 1. The molecule has 0 atom stereocenters. The van der Waals surface area contributed by atoms with E-state index in [2.05, 4.69) is 26.1 Å². The summed E-state index contributed by atoms with van der Waals surface area (Å²) in [5.74, 6) is 2.10. The zero-order valence-corrected chi connectivity index (χ0v) is 15.8. The van der Waals surface area contributed by atoms with Gasteiger partial charge in [-0.15, -0.1) is 10.2 Å². The lowest BCUT2D eigenvalue weighted by Gasteiger charge is -2.24. The monoisotopic (exact) mass is 368 g/mol. The van der Waals surface area contributed by atoms with Crippen LogP contribution in [0.15, 0.2) is 24.5 Å². The molecule has 27 heavy (non-hydrogen) atoms. The molecule has 1 amide bonds. The molecule has 4 rings (SSSR count). The summed E-state index contributed by atoms with van der Waals surface area (Å²) in [4.78, 5) is 11.4. The number of carbonyl (C=O) groups excluding carboxylic acids is 1. The van der Waals surface area contributed by atoms with Crippen molar-refractivity contribution in [2.75, 3.05) is 11.9 Å². The highest BCUT2D eigenvalue weighted by molar-refractivity contribution is 5.93. The minimum absolute atomic E-state index is 0.0947. The van der Waals surface area contributed by atoms with Gasteiger partial charge >= 0.3 is 0 Å². The van der Waals surface area contributed by atoms with Crippen molar-refractivity contribution in [3.8, 4) is 5.75 Å². The fourth-order valence-corrected chi connectivity index (χ4v) is 4.13. The van der Waals surface area contributed by atoms with Crippen LogP contribution in [0.3, 0.4) is 0 Å². The first-order valence-corrected chi connectivity index (χ1v) is 10.2. The van der Waals surface area contributed by atoms with Crippen LogP contribution in [0, 0.1) is 0 Å². The highest BCUT2D eigenvalue weighted by Gasteiger charge is 2.18. The molecule has 0 spiro atoms. The molecular formula is C21H28N4O2. The first kappa shape index (κ1) is 18.0. The second-order valence-corrected chi connectivity index (χ2v) is 7.62. The molecule has 1 aliphatic heterocycles. The van der Waals surface area contributed by atoms with Crippen LogP contribution in [0.2, 0.25) is 0 Å². The average Bonchev–Trinajstić information content (AvgIpc) is 3.17. The lowest BCUT2D eigenvalue weighted by Crippen LogP contribution is -2.18. The zero-order chi connectivity index (χ0) is 18.5. The average molecular weight is 368 g/mol. The molecule has 1 saturated carbocycles. The van der Waals surface area contributed by atoms with Crippen LogP contribution in [-0.2, 0) is 17.6 Å². The van der Waals surface area contributed by atoms with Gasteiger partial charge in [-0.25, -0.2) is 0 Å². The van der Waals surface area contributed by atoms with Gasteiger partial charge < -0.3 is 14.6 Å². The van der Waals surface area contributed by atoms with E-state index in [1.165, 1.54) is 32.1 Å². The standard InChI is InChI=1S/C21H28N4O2/c26-21-12-9-16-14-18(10-11-19(16)23-21)27-13-5-4-8-20-24-22-15-25(20)17-6-2-1-3-7-17/h10-11,14-15,17H,1-9,12-13H2,(H,23,26). The maximum atomic E-state index is 11.4. The number of ether oxygens (including phenoxy) is 1. The Kier molecular flexibility index (Phi) is 5.70. The van der Waals surface area contributed by atoms with Crippen LogP contribution in [0.4, 0.5) is 5.69 Å². The smallest absolute Gasteiger partial charge is 0.224 e. The molecule has 2 heterocycles. The minimum Gasteiger partial charge on any atom is -0.494 e. The van der Waals surface area contributed by atoms with Gasteiger partial charge in [0, 0.05) is 24.6 Å². The third-order valence-corrected chi connectivity index (χ3v) is 5.65. The molecule has 1 aromatic heterocycles. The summed E-state index contributed by atoms with van der Waals surface area (Å²) in [5, 5.41) is 11.4. The van der Waals surface area contributed by atoms with Crippen molar-refractivity contribution in [1.82, 2.24) is 14.8 Å². The lowest BCUT2D eigenvalue weighted by atomic mass is 9.95. The predicted molar refractivity (Wildman–Crippen MR) is 104 cm³/mol. The van der Waals surface area contributed by atoms with Gasteiger partial charge in [0.25, 0.3) is 0 Å². The number of amides is 1. The van der Waals surface area contributed by atoms with Crippen molar-refractivity contribution in [3.63, 3.8) is 0 Å². The molecule has 0 unspecified atom stereocenters. The molecule has 1 aliphatic carbocycles. The van der Waals surface area contributed by atoms with Gasteiger partial charge in [0.05, 0.1) is 6.61 Å². The zero-order valence-electron chi connectivity index (χ0n) is 15.8. The summed E-state index contributed by atoms with van der Waals surface area (Å²) in [5.41, 5.74) is 2.08. The number of hydrogen-bond acceptors (Lipinski definition) is 4. The second kappa shape index (κ2) is 8.55. The Morgan fingerprint density at radius 2 is 2.04 bits per heavy atom. The van der Waals surface area contributed by atoms with Crippen molar-refractivity contribution < 1.29 is 9.53 Å². The fraction of sp³-hybridized carbons (Fsp3) is 0.571. The van der Waals surface area contributed by atoms with E-state index in [0.29, 0.717) is 19.1 Å². The van der Waals surface area contributed by atoms with Gasteiger partial charge in [-0.05, 0) is 55.9 Å². The second-order valence-electron chi connectivity index (χ2n) is 7.62. The van der Waals surface area contributed by atoms with Gasteiger partial charge in [-0.2, -0.15) is 0 Å². The number of anilines is 1. The van der Waals surface area contributed by atoms with Crippen molar-refractivity contribution in [2.24, 2.45) is 0 Å². The molecule has 0 bridgehead atoms. The van der Waals surface area contributed by atoms with Crippen LogP contribution in [0.5, 0.6) is 5.75 Å². The van der Waals surface area contributed by atoms with Crippen LogP contribution < -0.4 is 10.1 Å². The highest BCUT2D eigenvalue weighted by atomic mass is 16.5. The molecule has 2 aliphatic rings. The topological polar surface area (TPSA) is 69.0 Å². The van der Waals surface area contributed by atoms with Gasteiger partial charge in [0.15, 0.2) is 0 Å². The number of nitrogens with zero attached hydrogens (tertiary/aromatic N) is 3. The normalized spacial score (nSPS) is 17.4. The van der Waals surface area contributed by atoms with Crippen molar-refractivity contribution >= 4 is 11.6 Å². The number of benzene rings is 1. The summed E-state index contributed by atoms with van der Waals surface area (Å²) in [7, 11) is 0. The fourth-order valence-electron chi connectivity index (χ4n) is 4.13. The number of unbranched alkanes of at least 4 members (excludes halogenated alkanes) is 1. The highest BCUT2D eigenvalue weighted by Crippen LogP contribution is 2.29. The molecule has 0 radical (unpaired) electrons. The van der Waals surface area contributed by atoms with Crippen LogP contribution >= 0.6 is 0 Å². The van der Waals surface area contributed by atoms with E-state index < -0.39 is 0 Å². The first-order chi connectivity index (χ1) is 13.3. The molecule has 1 N–H and O–H groups in total. The molecule has 144 valence electrons. The molecule has 0 saturated heterocycles. The summed E-state index contributed by atoms with van der Waals surface area (Å²) in [6.45, 7) is 0.697. The Morgan fingerprint density at radius 3 is 2.93 bits per heavy atom. The van der Waals surface area contributed by atoms with Crippen LogP contribution in [0.25, 0.3) is 0 Å². The van der Waals surface area contributed by atoms with Gasteiger partial charge in [0.2, 0.25) is 5.91 Å². The van der Waals surface area contributed by atoms with Crippen LogP contribution in [0.1, 0.15) is 68.8 Å². The van der Waals surface area contributed by atoms with Crippen LogP contribution in [-0.4, -0.2) is 27.3 Å². The minimum atomic E-state index is 0.0947. The van der Waals surface area contributed by atoms with Crippen molar-refractivity contribution in [3.05, 3.63) is 35.9 Å². The Labute approximate surface area is 160 Å². The summed E-state index contributed by atoms with van der Waals surface area (Å²) in [6.07, 6.45) is 12.8. The molecule has 1 aromatic carbocycles. The van der Waals surface area contributed by atoms with E-state index in [-0.39, 0.29) is 5.91 Å². The number of aryl methyl sites for hydroxylation is 2. The Morgan fingerprint density at radius 1 is 1.15 bits per heavy atom. The van der Waals surface area contributed by atoms with E-state index in [9.17, 15) is 4.79 Å². The molecule has 6 heteroatoms. The largest absolute Gasteiger partial charge is 0.494 e.